The van der Waals surface area contributed by atoms with Gasteiger partial charge in [0.15, 0.2) is 0 Å². The minimum atomic E-state index is 0.462. The van der Waals surface area contributed by atoms with Crippen molar-refractivity contribution in [1.29, 1.82) is 0 Å². The Morgan fingerprint density at radius 1 is 0.304 bits per heavy atom. The van der Waals surface area contributed by atoms with Crippen LogP contribution < -0.4 is 11.5 Å². The van der Waals surface area contributed by atoms with Gasteiger partial charge in [0.2, 0.25) is 0 Å². The molecule has 0 fully saturated rings. The summed E-state index contributed by atoms with van der Waals surface area (Å²) in [5.74, 6) is 0.924. The molecule has 0 amide bonds. The van der Waals surface area contributed by atoms with Gasteiger partial charge in [-0.15, -0.1) is 0 Å². The summed E-state index contributed by atoms with van der Waals surface area (Å²) in [7, 11) is 0. The van der Waals surface area contributed by atoms with E-state index in [4.69, 9.17) is 11.5 Å². The molecular weight excluding hydrogens is 677 g/mol. The van der Waals surface area contributed by atoms with Crippen LogP contribution >= 0.6 is 0 Å². The molecule has 0 heterocycles. The fraction of sp³-hybridized carbons (Fsp3) is 0.556. The van der Waals surface area contributed by atoms with E-state index in [9.17, 15) is 0 Å². The highest BCUT2D eigenvalue weighted by Gasteiger charge is 2.16. The first kappa shape index (κ1) is 45.2. The number of benzene rings is 4. The second-order valence-electron chi connectivity index (χ2n) is 17.1. The molecular formula is C54H80N2. The smallest absolute Gasteiger partial charge is 0.0314 e. The number of rotatable bonds is 31. The molecule has 2 nitrogen and oxygen atoms in total. The maximum atomic E-state index is 6.04. The Balaban J connectivity index is 1.09. The van der Waals surface area contributed by atoms with Crippen LogP contribution in [0.2, 0.25) is 0 Å². The second-order valence-corrected chi connectivity index (χ2v) is 17.1. The summed E-state index contributed by atoms with van der Waals surface area (Å²) in [5, 5.41) is 0. The van der Waals surface area contributed by atoms with Crippen LogP contribution in [-0.4, -0.2) is 0 Å². The lowest BCUT2D eigenvalue weighted by Gasteiger charge is -2.19. The first-order valence-electron chi connectivity index (χ1n) is 23.5. The van der Waals surface area contributed by atoms with E-state index in [0.29, 0.717) is 11.8 Å². The van der Waals surface area contributed by atoms with E-state index in [0.717, 1.165) is 11.4 Å². The molecule has 4 rings (SSSR count). The van der Waals surface area contributed by atoms with Crippen molar-refractivity contribution >= 4 is 11.4 Å². The maximum Gasteiger partial charge on any atom is 0.0314 e. The number of hydrogen-bond donors (Lipinski definition) is 2. The van der Waals surface area contributed by atoms with Gasteiger partial charge in [-0.2, -0.15) is 0 Å². The van der Waals surface area contributed by atoms with E-state index in [1.54, 1.807) is 0 Å². The Morgan fingerprint density at radius 3 is 0.857 bits per heavy atom. The molecule has 0 radical (unpaired) electrons. The molecule has 2 unspecified atom stereocenters. The van der Waals surface area contributed by atoms with Crippen LogP contribution in [0, 0.1) is 0 Å². The van der Waals surface area contributed by atoms with Crippen LogP contribution in [0.4, 0.5) is 11.4 Å². The predicted molar refractivity (Wildman–Crippen MR) is 248 cm³/mol. The van der Waals surface area contributed by atoms with Gasteiger partial charge in [0.1, 0.15) is 0 Å². The Kier molecular flexibility index (Phi) is 22.6. The van der Waals surface area contributed by atoms with E-state index >= 15 is 0 Å². The van der Waals surface area contributed by atoms with Crippen LogP contribution in [0.25, 0.3) is 0 Å². The minimum Gasteiger partial charge on any atom is -0.399 e. The van der Waals surface area contributed by atoms with Crippen LogP contribution in [0.1, 0.15) is 213 Å². The first-order valence-corrected chi connectivity index (χ1v) is 23.5. The fourth-order valence-corrected chi connectivity index (χ4v) is 8.67. The van der Waals surface area contributed by atoms with Gasteiger partial charge in [0, 0.05) is 23.2 Å². The van der Waals surface area contributed by atoms with Crippen molar-refractivity contribution in [2.45, 2.75) is 193 Å². The van der Waals surface area contributed by atoms with Crippen LogP contribution in [0.5, 0.6) is 0 Å². The zero-order chi connectivity index (χ0) is 39.5. The van der Waals surface area contributed by atoms with Gasteiger partial charge in [-0.1, -0.05) is 215 Å². The third-order valence-electron chi connectivity index (χ3n) is 12.3. The van der Waals surface area contributed by atoms with Crippen molar-refractivity contribution in [2.24, 2.45) is 0 Å². The van der Waals surface area contributed by atoms with E-state index in [1.807, 2.05) is 0 Å². The molecule has 0 bridgehead atoms. The lowest BCUT2D eigenvalue weighted by Crippen LogP contribution is -2.02. The van der Waals surface area contributed by atoms with Gasteiger partial charge >= 0.3 is 0 Å². The molecule has 2 atom stereocenters. The van der Waals surface area contributed by atoms with Gasteiger partial charge in [-0.25, -0.2) is 0 Å². The number of nitrogen functional groups attached to an aromatic ring is 2. The molecule has 4 aromatic rings. The average molecular weight is 757 g/mol. The standard InChI is InChI=1S/C54H80N2/c1-3-5-7-9-13-19-23-27-53(49-37-41-51(55)42-38-49)47-33-29-45(30-34-47)25-21-17-15-11-12-16-18-22-26-46-31-35-48(36-32-46)54(50-39-43-52(56)44-40-50)28-24-20-14-10-8-6-4-2/h29-44,53-54H,3-28,55-56H2,1-2H3. The predicted octanol–water partition coefficient (Wildman–Crippen LogP) is 16.3. The Bertz CT molecular complexity index is 1400. The summed E-state index contributed by atoms with van der Waals surface area (Å²) in [6, 6.07) is 36.4. The molecule has 0 aromatic heterocycles. The van der Waals surface area contributed by atoms with Crippen molar-refractivity contribution in [3.05, 3.63) is 130 Å². The Morgan fingerprint density at radius 2 is 0.554 bits per heavy atom. The highest BCUT2D eigenvalue weighted by molar-refractivity contribution is 5.44. The molecule has 0 aliphatic rings. The third kappa shape index (κ3) is 17.7. The van der Waals surface area contributed by atoms with E-state index in [1.165, 1.54) is 200 Å². The van der Waals surface area contributed by atoms with Gasteiger partial charge < -0.3 is 11.5 Å². The van der Waals surface area contributed by atoms with E-state index in [-0.39, 0.29) is 0 Å². The molecule has 0 spiro atoms. The van der Waals surface area contributed by atoms with Crippen LogP contribution in [0.15, 0.2) is 97.1 Å². The quantitative estimate of drug-likeness (QED) is 0.0397. The van der Waals surface area contributed by atoms with Gasteiger partial charge in [-0.05, 0) is 96.2 Å². The van der Waals surface area contributed by atoms with E-state index < -0.39 is 0 Å². The average Bonchev–Trinajstić information content (AvgIpc) is 3.22. The minimum absolute atomic E-state index is 0.462. The van der Waals surface area contributed by atoms with Crippen molar-refractivity contribution < 1.29 is 0 Å². The fourth-order valence-electron chi connectivity index (χ4n) is 8.67. The van der Waals surface area contributed by atoms with Gasteiger partial charge in [0.25, 0.3) is 0 Å². The highest BCUT2D eigenvalue weighted by Crippen LogP contribution is 2.33. The van der Waals surface area contributed by atoms with E-state index in [2.05, 4.69) is 111 Å². The number of anilines is 2. The third-order valence-corrected chi connectivity index (χ3v) is 12.3. The topological polar surface area (TPSA) is 52.0 Å². The Hall–Kier alpha value is -3.52. The number of hydrogen-bond acceptors (Lipinski definition) is 2. The molecule has 2 heteroatoms. The van der Waals surface area contributed by atoms with Crippen LogP contribution in [0.3, 0.4) is 0 Å². The lowest BCUT2D eigenvalue weighted by molar-refractivity contribution is 0.558. The molecule has 56 heavy (non-hydrogen) atoms. The van der Waals surface area contributed by atoms with Crippen molar-refractivity contribution in [2.75, 3.05) is 11.5 Å². The molecule has 0 saturated heterocycles. The van der Waals surface area contributed by atoms with Crippen molar-refractivity contribution in [3.63, 3.8) is 0 Å². The number of unbranched alkanes of at least 4 members (excludes halogenated alkanes) is 19. The highest BCUT2D eigenvalue weighted by atomic mass is 14.5. The molecule has 0 aliphatic carbocycles. The molecule has 4 aromatic carbocycles. The molecule has 4 N–H and O–H groups in total. The number of nitrogens with two attached hydrogens (primary N) is 2. The largest absolute Gasteiger partial charge is 0.399 e. The summed E-state index contributed by atoms with van der Waals surface area (Å²) in [4.78, 5) is 0. The van der Waals surface area contributed by atoms with Crippen molar-refractivity contribution in [3.8, 4) is 0 Å². The van der Waals surface area contributed by atoms with Gasteiger partial charge in [0.05, 0.1) is 0 Å². The first-order chi connectivity index (χ1) is 27.6. The molecule has 0 aliphatic heterocycles. The summed E-state index contributed by atoms with van der Waals surface area (Å²) in [5.41, 5.74) is 22.5. The Labute approximate surface area is 344 Å². The molecule has 0 saturated carbocycles. The zero-order valence-electron chi connectivity index (χ0n) is 35.9. The summed E-state index contributed by atoms with van der Waals surface area (Å²) >= 11 is 0. The number of aryl methyl sites for hydroxylation is 2. The van der Waals surface area contributed by atoms with Crippen molar-refractivity contribution in [1.82, 2.24) is 0 Å². The maximum absolute atomic E-state index is 6.04. The molecule has 306 valence electrons. The summed E-state index contributed by atoms with van der Waals surface area (Å²) in [6.07, 6.45) is 34.6. The zero-order valence-corrected chi connectivity index (χ0v) is 35.9. The summed E-state index contributed by atoms with van der Waals surface area (Å²) in [6.45, 7) is 4.59. The normalized spacial score (nSPS) is 12.5. The monoisotopic (exact) mass is 757 g/mol. The lowest BCUT2D eigenvalue weighted by atomic mass is 9.86. The van der Waals surface area contributed by atoms with Gasteiger partial charge in [-0.3, -0.25) is 0 Å². The van der Waals surface area contributed by atoms with Crippen LogP contribution in [-0.2, 0) is 12.8 Å². The second kappa shape index (κ2) is 28.0. The SMILES string of the molecule is CCCCCCCCCC(c1ccc(N)cc1)c1ccc(CCCCCCCCCCc2ccc(C(CCCCCCCCC)c3ccc(N)cc3)cc2)cc1. The summed E-state index contributed by atoms with van der Waals surface area (Å²) < 4.78 is 0.